The first-order valence-corrected chi connectivity index (χ1v) is 5.22. The van der Waals surface area contributed by atoms with E-state index in [9.17, 15) is 4.79 Å². The second-order valence-electron chi connectivity index (χ2n) is 3.32. The second-order valence-corrected chi connectivity index (χ2v) is 3.73. The summed E-state index contributed by atoms with van der Waals surface area (Å²) in [6.07, 6.45) is 0. The van der Waals surface area contributed by atoms with Gasteiger partial charge in [0.1, 0.15) is 0 Å². The summed E-state index contributed by atoms with van der Waals surface area (Å²) in [5.41, 5.74) is 1.57. The van der Waals surface area contributed by atoms with Crippen molar-refractivity contribution in [3.8, 4) is 0 Å². The Hall–Kier alpha value is -1.06. The molecule has 0 aliphatic carbocycles. The molecular formula is C11H15ClN2O. The van der Waals surface area contributed by atoms with E-state index in [0.29, 0.717) is 17.1 Å². The molecule has 0 spiro atoms. The number of amides is 1. The van der Waals surface area contributed by atoms with E-state index in [1.165, 1.54) is 0 Å². The quantitative estimate of drug-likeness (QED) is 0.766. The van der Waals surface area contributed by atoms with Crippen LogP contribution in [0.5, 0.6) is 0 Å². The molecular weight excluding hydrogens is 212 g/mol. The standard InChI is InChI=1S/C11H15ClN2O/c1-8-3-4-9(7-10(8)12)11(15)14-6-5-13-2/h3-4,7,13H,5-6H2,1-2H3,(H,14,15). The fraction of sp³-hybridized carbons (Fsp3) is 0.364. The van der Waals surface area contributed by atoms with E-state index < -0.39 is 0 Å². The Labute approximate surface area is 94.8 Å². The van der Waals surface area contributed by atoms with E-state index in [4.69, 9.17) is 11.6 Å². The van der Waals surface area contributed by atoms with Crippen molar-refractivity contribution in [2.24, 2.45) is 0 Å². The normalized spacial score (nSPS) is 10.1. The van der Waals surface area contributed by atoms with Crippen LogP contribution in [0, 0.1) is 6.92 Å². The monoisotopic (exact) mass is 226 g/mol. The van der Waals surface area contributed by atoms with Gasteiger partial charge < -0.3 is 10.6 Å². The number of hydrogen-bond acceptors (Lipinski definition) is 2. The number of likely N-dealkylation sites (N-methyl/N-ethyl adjacent to an activating group) is 1. The highest BCUT2D eigenvalue weighted by Gasteiger charge is 2.05. The topological polar surface area (TPSA) is 41.1 Å². The molecule has 0 saturated heterocycles. The second kappa shape index (κ2) is 5.73. The van der Waals surface area contributed by atoms with Gasteiger partial charge in [0.05, 0.1) is 0 Å². The summed E-state index contributed by atoms with van der Waals surface area (Å²) >= 11 is 5.93. The summed E-state index contributed by atoms with van der Waals surface area (Å²) in [5.74, 6) is -0.0906. The van der Waals surface area contributed by atoms with Gasteiger partial charge in [-0.3, -0.25) is 4.79 Å². The average Bonchev–Trinajstić information content (AvgIpc) is 2.22. The zero-order chi connectivity index (χ0) is 11.3. The van der Waals surface area contributed by atoms with Crippen LogP contribution in [0.15, 0.2) is 18.2 Å². The van der Waals surface area contributed by atoms with Gasteiger partial charge in [0, 0.05) is 23.7 Å². The highest BCUT2D eigenvalue weighted by atomic mass is 35.5. The minimum atomic E-state index is -0.0906. The van der Waals surface area contributed by atoms with E-state index in [1.807, 2.05) is 20.0 Å². The van der Waals surface area contributed by atoms with Crippen LogP contribution in [-0.2, 0) is 0 Å². The Morgan fingerprint density at radius 3 is 2.73 bits per heavy atom. The molecule has 0 heterocycles. The van der Waals surface area contributed by atoms with Crippen molar-refractivity contribution in [1.29, 1.82) is 0 Å². The fourth-order valence-electron chi connectivity index (χ4n) is 1.14. The maximum Gasteiger partial charge on any atom is 0.251 e. The van der Waals surface area contributed by atoms with Gasteiger partial charge in [-0.05, 0) is 31.7 Å². The first kappa shape index (κ1) is 12.0. The predicted molar refractivity (Wildman–Crippen MR) is 62.4 cm³/mol. The highest BCUT2D eigenvalue weighted by molar-refractivity contribution is 6.31. The lowest BCUT2D eigenvalue weighted by Gasteiger charge is -2.05. The predicted octanol–water partition coefficient (Wildman–Crippen LogP) is 1.60. The Bertz CT molecular complexity index is 352. The van der Waals surface area contributed by atoms with Crippen molar-refractivity contribution in [3.05, 3.63) is 34.3 Å². The number of rotatable bonds is 4. The van der Waals surface area contributed by atoms with Crippen LogP contribution in [0.25, 0.3) is 0 Å². The molecule has 3 nitrogen and oxygen atoms in total. The van der Waals surface area contributed by atoms with E-state index in [0.717, 1.165) is 12.1 Å². The van der Waals surface area contributed by atoms with Crippen molar-refractivity contribution in [2.45, 2.75) is 6.92 Å². The Balaban J connectivity index is 2.62. The molecule has 0 aliphatic heterocycles. The average molecular weight is 227 g/mol. The molecule has 0 saturated carbocycles. The Morgan fingerprint density at radius 1 is 1.40 bits per heavy atom. The van der Waals surface area contributed by atoms with Gasteiger partial charge in [-0.15, -0.1) is 0 Å². The number of hydrogen-bond donors (Lipinski definition) is 2. The molecule has 1 aromatic rings. The van der Waals surface area contributed by atoms with E-state index in [1.54, 1.807) is 12.1 Å². The minimum absolute atomic E-state index is 0.0906. The number of halogens is 1. The lowest BCUT2D eigenvalue weighted by atomic mass is 10.1. The SMILES string of the molecule is CNCCNC(=O)c1ccc(C)c(Cl)c1. The third-order valence-electron chi connectivity index (χ3n) is 2.09. The van der Waals surface area contributed by atoms with Gasteiger partial charge in [-0.25, -0.2) is 0 Å². The van der Waals surface area contributed by atoms with Crippen LogP contribution in [0.3, 0.4) is 0 Å². The molecule has 0 unspecified atom stereocenters. The first-order valence-electron chi connectivity index (χ1n) is 4.84. The zero-order valence-corrected chi connectivity index (χ0v) is 9.69. The summed E-state index contributed by atoms with van der Waals surface area (Å²) in [6, 6.07) is 5.30. The van der Waals surface area contributed by atoms with Gasteiger partial charge in [0.25, 0.3) is 5.91 Å². The molecule has 0 radical (unpaired) electrons. The van der Waals surface area contributed by atoms with Gasteiger partial charge in [0.15, 0.2) is 0 Å². The van der Waals surface area contributed by atoms with Gasteiger partial charge in [-0.2, -0.15) is 0 Å². The smallest absolute Gasteiger partial charge is 0.251 e. The molecule has 15 heavy (non-hydrogen) atoms. The molecule has 4 heteroatoms. The molecule has 0 fully saturated rings. The maximum absolute atomic E-state index is 11.6. The third kappa shape index (κ3) is 3.53. The van der Waals surface area contributed by atoms with Crippen molar-refractivity contribution >= 4 is 17.5 Å². The minimum Gasteiger partial charge on any atom is -0.351 e. The summed E-state index contributed by atoms with van der Waals surface area (Å²) in [5, 5.41) is 6.36. The summed E-state index contributed by atoms with van der Waals surface area (Å²) in [4.78, 5) is 11.6. The number of aryl methyl sites for hydroxylation is 1. The van der Waals surface area contributed by atoms with Crippen molar-refractivity contribution in [3.63, 3.8) is 0 Å². The van der Waals surface area contributed by atoms with Gasteiger partial charge >= 0.3 is 0 Å². The van der Waals surface area contributed by atoms with Gasteiger partial charge in [0.2, 0.25) is 0 Å². The Morgan fingerprint density at radius 2 is 2.13 bits per heavy atom. The molecule has 0 atom stereocenters. The first-order chi connectivity index (χ1) is 7.15. The zero-order valence-electron chi connectivity index (χ0n) is 8.93. The van der Waals surface area contributed by atoms with Crippen LogP contribution in [0.1, 0.15) is 15.9 Å². The van der Waals surface area contributed by atoms with Crippen molar-refractivity contribution in [2.75, 3.05) is 20.1 Å². The number of carbonyl (C=O) groups excluding carboxylic acids is 1. The third-order valence-corrected chi connectivity index (χ3v) is 2.50. The summed E-state index contributed by atoms with van der Waals surface area (Å²) in [6.45, 7) is 3.27. The molecule has 0 aliphatic rings. The van der Waals surface area contributed by atoms with E-state index in [2.05, 4.69) is 10.6 Å². The number of nitrogens with one attached hydrogen (secondary N) is 2. The lowest BCUT2D eigenvalue weighted by molar-refractivity contribution is 0.0954. The van der Waals surface area contributed by atoms with Crippen LogP contribution < -0.4 is 10.6 Å². The summed E-state index contributed by atoms with van der Waals surface area (Å²) in [7, 11) is 1.84. The van der Waals surface area contributed by atoms with E-state index in [-0.39, 0.29) is 5.91 Å². The molecule has 0 aromatic heterocycles. The molecule has 82 valence electrons. The van der Waals surface area contributed by atoms with Crippen LogP contribution in [0.4, 0.5) is 0 Å². The fourth-order valence-corrected chi connectivity index (χ4v) is 1.32. The number of benzene rings is 1. The molecule has 1 rings (SSSR count). The highest BCUT2D eigenvalue weighted by Crippen LogP contribution is 2.16. The number of carbonyl (C=O) groups is 1. The van der Waals surface area contributed by atoms with Crippen LogP contribution >= 0.6 is 11.6 Å². The van der Waals surface area contributed by atoms with Crippen LogP contribution in [0.2, 0.25) is 5.02 Å². The van der Waals surface area contributed by atoms with E-state index >= 15 is 0 Å². The molecule has 1 amide bonds. The maximum atomic E-state index is 11.6. The largest absolute Gasteiger partial charge is 0.351 e. The van der Waals surface area contributed by atoms with Crippen molar-refractivity contribution < 1.29 is 4.79 Å². The summed E-state index contributed by atoms with van der Waals surface area (Å²) < 4.78 is 0. The molecule has 2 N–H and O–H groups in total. The molecule has 0 bridgehead atoms. The van der Waals surface area contributed by atoms with Gasteiger partial charge in [-0.1, -0.05) is 17.7 Å². The van der Waals surface area contributed by atoms with Crippen LogP contribution in [-0.4, -0.2) is 26.0 Å². The molecule has 1 aromatic carbocycles. The Kier molecular flexibility index (Phi) is 4.59. The van der Waals surface area contributed by atoms with Crippen molar-refractivity contribution in [1.82, 2.24) is 10.6 Å². The lowest BCUT2D eigenvalue weighted by Crippen LogP contribution is -2.30.